The smallest absolute Gasteiger partial charge is 0.424 e. The minimum absolute atomic E-state index is 0.245. The van der Waals surface area contributed by atoms with E-state index in [0.29, 0.717) is 23.3 Å². The fourth-order valence-electron chi connectivity index (χ4n) is 3.23. The average Bonchev–Trinajstić information content (AvgIpc) is 3.18. The Morgan fingerprint density at radius 3 is 2.30 bits per heavy atom. The number of hydrogen-bond acceptors (Lipinski definition) is 3. The molecule has 4 aromatic rings. The first-order chi connectivity index (χ1) is 15.5. The number of aliphatic hydroxyl groups is 1. The van der Waals surface area contributed by atoms with Crippen molar-refractivity contribution < 1.29 is 36.2 Å². The van der Waals surface area contributed by atoms with Crippen LogP contribution in [0.1, 0.15) is 5.56 Å². The zero-order valence-electron chi connectivity index (χ0n) is 16.4. The number of benzene rings is 3. The van der Waals surface area contributed by atoms with Gasteiger partial charge in [0, 0.05) is 17.5 Å². The summed E-state index contributed by atoms with van der Waals surface area (Å²) in [7, 11) is 0. The molecule has 0 spiro atoms. The van der Waals surface area contributed by atoms with Crippen LogP contribution in [-0.4, -0.2) is 27.7 Å². The highest BCUT2D eigenvalue weighted by molar-refractivity contribution is 6.32. The SMILES string of the molecule is OC(COc1cc(F)cc(F)c1Cl)(c1ccc2c(cnn2-c2ccc(F)cc2)c1)C(F)(F)F. The zero-order chi connectivity index (χ0) is 24.0. The monoisotopic (exact) mass is 486 g/mol. The van der Waals surface area contributed by atoms with Crippen molar-refractivity contribution in [1.82, 2.24) is 9.78 Å². The molecule has 0 bridgehead atoms. The fraction of sp³-hybridized carbons (Fsp3) is 0.136. The van der Waals surface area contributed by atoms with Gasteiger partial charge in [0.1, 0.15) is 34.8 Å². The highest BCUT2D eigenvalue weighted by Gasteiger charge is 2.56. The van der Waals surface area contributed by atoms with E-state index in [1.54, 1.807) is 0 Å². The number of ether oxygens (including phenoxy) is 1. The largest absolute Gasteiger partial charge is 0.488 e. The number of rotatable bonds is 5. The van der Waals surface area contributed by atoms with Gasteiger partial charge in [-0.2, -0.15) is 18.3 Å². The maximum atomic E-state index is 13.9. The molecule has 3 aromatic carbocycles. The molecule has 1 heterocycles. The van der Waals surface area contributed by atoms with Gasteiger partial charge < -0.3 is 9.84 Å². The molecule has 0 saturated heterocycles. The van der Waals surface area contributed by atoms with Crippen LogP contribution in [0.15, 0.2) is 60.8 Å². The zero-order valence-corrected chi connectivity index (χ0v) is 17.1. The molecule has 4 rings (SSSR count). The van der Waals surface area contributed by atoms with Gasteiger partial charge in [-0.1, -0.05) is 17.7 Å². The second kappa shape index (κ2) is 8.27. The van der Waals surface area contributed by atoms with Crippen LogP contribution >= 0.6 is 11.6 Å². The van der Waals surface area contributed by atoms with Gasteiger partial charge >= 0.3 is 6.18 Å². The molecule has 33 heavy (non-hydrogen) atoms. The molecular weight excluding hydrogens is 474 g/mol. The van der Waals surface area contributed by atoms with Gasteiger partial charge in [-0.15, -0.1) is 0 Å². The highest BCUT2D eigenvalue weighted by atomic mass is 35.5. The van der Waals surface area contributed by atoms with E-state index in [0.717, 1.165) is 12.1 Å². The third-order valence-corrected chi connectivity index (χ3v) is 5.35. The van der Waals surface area contributed by atoms with Gasteiger partial charge in [0.15, 0.2) is 0 Å². The van der Waals surface area contributed by atoms with Crippen LogP contribution in [0.4, 0.5) is 26.3 Å². The molecule has 172 valence electrons. The predicted molar refractivity (Wildman–Crippen MR) is 108 cm³/mol. The minimum Gasteiger partial charge on any atom is -0.488 e. The van der Waals surface area contributed by atoms with Crippen LogP contribution in [0.5, 0.6) is 5.75 Å². The summed E-state index contributed by atoms with van der Waals surface area (Å²) in [5, 5.41) is 14.2. The Morgan fingerprint density at radius 1 is 0.939 bits per heavy atom. The van der Waals surface area contributed by atoms with Crippen molar-refractivity contribution in [3.05, 3.63) is 88.8 Å². The molecule has 0 amide bonds. The Kier molecular flexibility index (Phi) is 5.75. The number of aromatic nitrogens is 2. The van der Waals surface area contributed by atoms with Crippen LogP contribution in [0, 0.1) is 17.5 Å². The normalized spacial score (nSPS) is 13.8. The first-order valence-electron chi connectivity index (χ1n) is 9.30. The van der Waals surface area contributed by atoms with Crippen molar-refractivity contribution in [3.63, 3.8) is 0 Å². The maximum Gasteiger partial charge on any atom is 0.424 e. The minimum atomic E-state index is -5.22. The van der Waals surface area contributed by atoms with Crippen LogP contribution in [0.2, 0.25) is 5.02 Å². The molecule has 1 aromatic heterocycles. The summed E-state index contributed by atoms with van der Waals surface area (Å²) in [5.74, 6) is -3.50. The lowest BCUT2D eigenvalue weighted by atomic mass is 9.93. The summed E-state index contributed by atoms with van der Waals surface area (Å²) >= 11 is 5.64. The third-order valence-electron chi connectivity index (χ3n) is 4.98. The lowest BCUT2D eigenvalue weighted by Crippen LogP contribution is -2.47. The number of halogens is 7. The quantitative estimate of drug-likeness (QED) is 0.281. The molecule has 0 aliphatic rings. The van der Waals surface area contributed by atoms with Gasteiger partial charge in [0.2, 0.25) is 5.60 Å². The van der Waals surface area contributed by atoms with E-state index in [4.69, 9.17) is 16.3 Å². The highest BCUT2D eigenvalue weighted by Crippen LogP contribution is 2.41. The predicted octanol–water partition coefficient (Wildman–Crippen LogP) is 5.93. The summed E-state index contributed by atoms with van der Waals surface area (Å²) in [5.41, 5.74) is -3.26. The van der Waals surface area contributed by atoms with Crippen molar-refractivity contribution in [2.24, 2.45) is 0 Å². The lowest BCUT2D eigenvalue weighted by molar-refractivity contribution is -0.275. The van der Waals surface area contributed by atoms with Crippen molar-refractivity contribution in [2.45, 2.75) is 11.8 Å². The van der Waals surface area contributed by atoms with E-state index in [2.05, 4.69) is 5.10 Å². The van der Waals surface area contributed by atoms with E-state index in [1.807, 2.05) is 0 Å². The maximum absolute atomic E-state index is 13.9. The topological polar surface area (TPSA) is 47.3 Å². The van der Waals surface area contributed by atoms with E-state index in [1.165, 1.54) is 41.2 Å². The molecule has 1 unspecified atom stereocenters. The van der Waals surface area contributed by atoms with Gasteiger partial charge in [-0.25, -0.2) is 17.9 Å². The summed E-state index contributed by atoms with van der Waals surface area (Å²) < 4.78 is 88.2. The Labute approximate surface area is 187 Å². The first kappa shape index (κ1) is 22.9. The lowest BCUT2D eigenvalue weighted by Gasteiger charge is -2.31. The molecule has 4 nitrogen and oxygen atoms in total. The summed E-state index contributed by atoms with van der Waals surface area (Å²) in [6, 6.07) is 9.73. The van der Waals surface area contributed by atoms with Crippen LogP contribution in [0.3, 0.4) is 0 Å². The number of hydrogen-bond donors (Lipinski definition) is 1. The molecule has 11 heteroatoms. The Bertz CT molecular complexity index is 1320. The van der Waals surface area contributed by atoms with Crippen LogP contribution < -0.4 is 4.74 Å². The van der Waals surface area contributed by atoms with E-state index >= 15 is 0 Å². The second-order valence-corrected chi connectivity index (χ2v) is 7.53. The van der Waals surface area contributed by atoms with Gasteiger partial charge in [-0.05, 0) is 42.0 Å². The van der Waals surface area contributed by atoms with Gasteiger partial charge in [0.05, 0.1) is 17.4 Å². The van der Waals surface area contributed by atoms with Crippen molar-refractivity contribution in [1.29, 1.82) is 0 Å². The average molecular weight is 487 g/mol. The standard InChI is InChI=1S/C22H13ClF6N2O2/c23-20-17(26)8-15(25)9-19(20)33-11-21(32,22(27,28)29)13-1-6-18-12(7-13)10-30-31(18)16-4-2-14(24)3-5-16/h1-10,32H,11H2. The molecule has 1 N–H and O–H groups in total. The summed E-state index contributed by atoms with van der Waals surface area (Å²) in [6.07, 6.45) is -3.94. The third kappa shape index (κ3) is 4.23. The number of alkyl halides is 3. The molecular formula is C22H13ClF6N2O2. The summed E-state index contributed by atoms with van der Waals surface area (Å²) in [6.45, 7) is -1.42. The Hall–Kier alpha value is -3.24. The molecule has 0 saturated carbocycles. The van der Waals surface area contributed by atoms with Crippen molar-refractivity contribution >= 4 is 22.5 Å². The van der Waals surface area contributed by atoms with Crippen molar-refractivity contribution in [2.75, 3.05) is 6.61 Å². The first-order valence-corrected chi connectivity index (χ1v) is 9.68. The molecule has 0 aliphatic heterocycles. The van der Waals surface area contributed by atoms with Crippen LogP contribution in [-0.2, 0) is 5.60 Å². The second-order valence-electron chi connectivity index (χ2n) is 7.15. The van der Waals surface area contributed by atoms with Crippen LogP contribution in [0.25, 0.3) is 16.6 Å². The van der Waals surface area contributed by atoms with Gasteiger partial charge in [0.25, 0.3) is 0 Å². The number of fused-ring (bicyclic) bond motifs is 1. The summed E-state index contributed by atoms with van der Waals surface area (Å²) in [4.78, 5) is 0. The molecule has 0 aliphatic carbocycles. The van der Waals surface area contributed by atoms with E-state index < -0.39 is 52.2 Å². The van der Waals surface area contributed by atoms with E-state index in [9.17, 15) is 31.4 Å². The van der Waals surface area contributed by atoms with E-state index in [-0.39, 0.29) is 5.39 Å². The Morgan fingerprint density at radius 2 is 1.64 bits per heavy atom. The van der Waals surface area contributed by atoms with Crippen molar-refractivity contribution in [3.8, 4) is 11.4 Å². The fourth-order valence-corrected chi connectivity index (χ4v) is 3.39. The molecule has 0 radical (unpaired) electrons. The molecule has 1 atom stereocenters. The number of nitrogens with zero attached hydrogens (tertiary/aromatic N) is 2. The Balaban J connectivity index is 1.71. The van der Waals surface area contributed by atoms with Gasteiger partial charge in [-0.3, -0.25) is 0 Å². The molecule has 0 fully saturated rings.